The van der Waals surface area contributed by atoms with Gasteiger partial charge in [0, 0.05) is 24.3 Å². The van der Waals surface area contributed by atoms with E-state index in [9.17, 15) is 5.11 Å². The number of nitrogens with one attached hydrogen (secondary N) is 1. The Morgan fingerprint density at radius 3 is 2.33 bits per heavy atom. The van der Waals surface area contributed by atoms with E-state index in [1.54, 1.807) is 20.3 Å². The molecule has 0 radical (unpaired) electrons. The lowest BCUT2D eigenvalue weighted by atomic mass is 9.79. The van der Waals surface area contributed by atoms with Gasteiger partial charge in [-0.1, -0.05) is 37.5 Å². The van der Waals surface area contributed by atoms with Crippen LogP contribution in [-0.4, -0.2) is 56.5 Å². The fourth-order valence-electron chi connectivity index (χ4n) is 6.59. The number of phenolic OH excluding ortho intramolecular Hbond substituents is 1. The summed E-state index contributed by atoms with van der Waals surface area (Å²) in [5.74, 6) is 3.13. The lowest BCUT2D eigenvalue weighted by molar-refractivity contribution is 0.195. The lowest BCUT2D eigenvalue weighted by Gasteiger charge is -2.29. The second kappa shape index (κ2) is 14.7. The molecule has 0 bridgehead atoms. The van der Waals surface area contributed by atoms with Crippen LogP contribution in [0.1, 0.15) is 73.6 Å². The average Bonchev–Trinajstić information content (AvgIpc) is 2.98. The molecule has 0 amide bonds. The van der Waals surface area contributed by atoms with E-state index in [4.69, 9.17) is 14.2 Å². The number of ether oxygens (including phenoxy) is 3. The van der Waals surface area contributed by atoms with Gasteiger partial charge in [0.25, 0.3) is 0 Å². The normalized spacial score (nSPS) is 18.3. The molecule has 2 atom stereocenters. The Bertz CT molecular complexity index is 1280. The molecule has 2 unspecified atom stereocenters. The molecule has 0 saturated carbocycles. The largest absolute Gasteiger partial charge is 0.508 e. The van der Waals surface area contributed by atoms with Gasteiger partial charge in [-0.05, 0) is 117 Å². The minimum absolute atomic E-state index is 0.216. The first kappa shape index (κ1) is 30.1. The van der Waals surface area contributed by atoms with E-state index >= 15 is 0 Å². The molecule has 0 spiro atoms. The Balaban J connectivity index is 1.21. The third kappa shape index (κ3) is 7.91. The summed E-state index contributed by atoms with van der Waals surface area (Å²) in [4.78, 5) is 2.56. The zero-order chi connectivity index (χ0) is 29.3. The van der Waals surface area contributed by atoms with Crippen LogP contribution in [0.5, 0.6) is 23.0 Å². The fraction of sp³-hybridized carbons (Fsp3) is 0.500. The number of aryl methyl sites for hydroxylation is 1. The highest BCUT2D eigenvalue weighted by molar-refractivity contribution is 5.63. The molecule has 3 aromatic carbocycles. The zero-order valence-corrected chi connectivity index (χ0v) is 25.7. The monoisotopic (exact) mass is 572 g/mol. The minimum atomic E-state index is 0.216. The maximum Gasteiger partial charge on any atom is 0.162 e. The van der Waals surface area contributed by atoms with Crippen molar-refractivity contribution in [3.05, 3.63) is 76.9 Å². The molecule has 6 nitrogen and oxygen atoms in total. The molecule has 6 heteroatoms. The van der Waals surface area contributed by atoms with Gasteiger partial charge < -0.3 is 24.6 Å². The second-order valence-corrected chi connectivity index (χ2v) is 12.0. The van der Waals surface area contributed by atoms with Crippen LogP contribution in [0, 0.1) is 0 Å². The van der Waals surface area contributed by atoms with E-state index in [0.29, 0.717) is 11.7 Å². The summed E-state index contributed by atoms with van der Waals surface area (Å²) in [6.45, 7) is 6.38. The number of fused-ring (bicyclic) bond motifs is 1. The Morgan fingerprint density at radius 1 is 0.881 bits per heavy atom. The maximum absolute atomic E-state index is 9.93. The topological polar surface area (TPSA) is 63.2 Å². The van der Waals surface area contributed by atoms with Crippen LogP contribution in [0.25, 0.3) is 0 Å². The van der Waals surface area contributed by atoms with Crippen molar-refractivity contribution in [3.8, 4) is 23.0 Å². The highest BCUT2D eigenvalue weighted by atomic mass is 16.5. The molecule has 2 aliphatic rings. The number of hydrogen-bond acceptors (Lipinski definition) is 6. The van der Waals surface area contributed by atoms with Gasteiger partial charge in [-0.2, -0.15) is 0 Å². The number of likely N-dealkylation sites (tertiary alicyclic amines) is 1. The minimum Gasteiger partial charge on any atom is -0.508 e. The molecule has 2 N–H and O–H groups in total. The first-order valence-corrected chi connectivity index (χ1v) is 15.8. The number of phenols is 1. The maximum atomic E-state index is 9.93. The van der Waals surface area contributed by atoms with Crippen molar-refractivity contribution in [1.82, 2.24) is 4.90 Å². The first-order valence-electron chi connectivity index (χ1n) is 15.8. The summed E-state index contributed by atoms with van der Waals surface area (Å²) in [5.41, 5.74) is 6.18. The third-order valence-corrected chi connectivity index (χ3v) is 8.91. The Kier molecular flexibility index (Phi) is 10.5. The van der Waals surface area contributed by atoms with Crippen LogP contribution in [0.2, 0.25) is 0 Å². The molecular formula is C36H48N2O4. The zero-order valence-electron chi connectivity index (χ0n) is 25.7. The van der Waals surface area contributed by atoms with Crippen LogP contribution in [0.4, 0.5) is 5.69 Å². The van der Waals surface area contributed by atoms with Gasteiger partial charge in [-0.3, -0.25) is 4.90 Å². The van der Waals surface area contributed by atoms with Crippen molar-refractivity contribution in [1.29, 1.82) is 0 Å². The van der Waals surface area contributed by atoms with Crippen molar-refractivity contribution < 1.29 is 19.3 Å². The number of rotatable bonds is 11. The van der Waals surface area contributed by atoms with E-state index < -0.39 is 0 Å². The van der Waals surface area contributed by atoms with Crippen LogP contribution in [-0.2, 0) is 19.3 Å². The Morgan fingerprint density at radius 2 is 1.60 bits per heavy atom. The van der Waals surface area contributed by atoms with E-state index in [2.05, 4.69) is 59.6 Å². The standard InChI is InChI=1S/C36H48N2O4/c1-26(21-27-9-15-32(16-10-27)42-20-19-38-17-7-5-4-6-8-18-38)37-34-25-36(41-3)35(40-2)24-33(34)30-12-11-29-23-31(39)14-13-28(29)22-30/h9-10,13-16,23-26,30,37,39H,4-8,11-12,17-22H2,1-3H3. The predicted molar refractivity (Wildman–Crippen MR) is 171 cm³/mol. The van der Waals surface area contributed by atoms with E-state index in [1.807, 2.05) is 6.07 Å². The molecule has 0 aromatic heterocycles. The second-order valence-electron chi connectivity index (χ2n) is 12.0. The van der Waals surface area contributed by atoms with E-state index in [0.717, 1.165) is 61.8 Å². The first-order chi connectivity index (χ1) is 20.5. The predicted octanol–water partition coefficient (Wildman–Crippen LogP) is 7.37. The smallest absolute Gasteiger partial charge is 0.162 e. The number of nitrogens with zero attached hydrogens (tertiary/aromatic N) is 1. The van der Waals surface area contributed by atoms with Crippen LogP contribution < -0.4 is 19.5 Å². The number of benzene rings is 3. The summed E-state index contributed by atoms with van der Waals surface area (Å²) in [6, 6.07) is 18.8. The number of anilines is 1. The summed E-state index contributed by atoms with van der Waals surface area (Å²) in [5, 5.41) is 13.7. The van der Waals surface area contributed by atoms with E-state index in [-0.39, 0.29) is 6.04 Å². The van der Waals surface area contributed by atoms with Gasteiger partial charge >= 0.3 is 0 Å². The molecule has 1 fully saturated rings. The van der Waals surface area contributed by atoms with Gasteiger partial charge in [0.15, 0.2) is 11.5 Å². The summed E-state index contributed by atoms with van der Waals surface area (Å²) >= 11 is 0. The Labute approximate surface area is 252 Å². The van der Waals surface area contributed by atoms with Crippen molar-refractivity contribution in [2.24, 2.45) is 0 Å². The van der Waals surface area contributed by atoms with Crippen molar-refractivity contribution in [3.63, 3.8) is 0 Å². The molecule has 226 valence electrons. The summed E-state index contributed by atoms with van der Waals surface area (Å²) < 4.78 is 17.5. The molecule has 1 heterocycles. The Hall–Kier alpha value is -3.38. The SMILES string of the molecule is COc1cc(NC(C)Cc2ccc(OCCN3CCCCCCC3)cc2)c(C2CCc3cc(O)ccc3C2)cc1OC. The number of aromatic hydroxyl groups is 1. The third-order valence-electron chi connectivity index (χ3n) is 8.91. The molecule has 3 aromatic rings. The highest BCUT2D eigenvalue weighted by Crippen LogP contribution is 2.42. The van der Waals surface area contributed by atoms with Crippen molar-refractivity contribution >= 4 is 5.69 Å². The van der Waals surface area contributed by atoms with Gasteiger partial charge in [0.05, 0.1) is 14.2 Å². The molecule has 5 rings (SSSR count). The number of hydrogen-bond donors (Lipinski definition) is 2. The highest BCUT2D eigenvalue weighted by Gasteiger charge is 2.25. The van der Waals surface area contributed by atoms with Gasteiger partial charge in [-0.25, -0.2) is 0 Å². The fourth-order valence-corrected chi connectivity index (χ4v) is 6.59. The van der Waals surface area contributed by atoms with Crippen LogP contribution in [0.3, 0.4) is 0 Å². The lowest BCUT2D eigenvalue weighted by Crippen LogP contribution is -2.31. The summed E-state index contributed by atoms with van der Waals surface area (Å²) in [7, 11) is 3.38. The van der Waals surface area contributed by atoms with Crippen LogP contribution >= 0.6 is 0 Å². The quantitative estimate of drug-likeness (QED) is 0.250. The molecule has 1 aliphatic carbocycles. The number of methoxy groups -OCH3 is 2. The molecule has 42 heavy (non-hydrogen) atoms. The molecule has 1 aliphatic heterocycles. The van der Waals surface area contributed by atoms with Crippen LogP contribution in [0.15, 0.2) is 54.6 Å². The van der Waals surface area contributed by atoms with Crippen molar-refractivity contribution in [2.45, 2.75) is 76.7 Å². The van der Waals surface area contributed by atoms with Gasteiger partial charge in [0.1, 0.15) is 18.1 Å². The summed E-state index contributed by atoms with van der Waals surface area (Å²) in [6.07, 6.45) is 10.5. The van der Waals surface area contributed by atoms with Gasteiger partial charge in [-0.15, -0.1) is 0 Å². The molecular weight excluding hydrogens is 524 g/mol. The molecule has 1 saturated heterocycles. The van der Waals surface area contributed by atoms with Crippen molar-refractivity contribution in [2.75, 3.05) is 45.8 Å². The average molecular weight is 573 g/mol. The van der Waals surface area contributed by atoms with Gasteiger partial charge in [0.2, 0.25) is 0 Å². The van der Waals surface area contributed by atoms with E-state index in [1.165, 1.54) is 67.4 Å².